The Morgan fingerprint density at radius 1 is 1.07 bits per heavy atom. The van der Waals surface area contributed by atoms with Crippen LogP contribution in [0.1, 0.15) is 36.5 Å². The van der Waals surface area contributed by atoms with E-state index in [1.165, 1.54) is 12.3 Å². The molecule has 29 heavy (non-hydrogen) atoms. The molecular formula is C23H23NO5. The molecule has 1 N–H and O–H groups in total. The van der Waals surface area contributed by atoms with Crippen LogP contribution in [0.15, 0.2) is 59.2 Å². The van der Waals surface area contributed by atoms with Gasteiger partial charge in [-0.3, -0.25) is 9.59 Å². The van der Waals surface area contributed by atoms with Crippen LogP contribution in [-0.4, -0.2) is 35.0 Å². The monoisotopic (exact) mass is 393 g/mol. The predicted octanol–water partition coefficient (Wildman–Crippen LogP) is 3.98. The lowest BCUT2D eigenvalue weighted by Gasteiger charge is -2.30. The summed E-state index contributed by atoms with van der Waals surface area (Å²) in [5, 5.41) is 10.3. The lowest BCUT2D eigenvalue weighted by molar-refractivity contribution is -0.160. The number of likely N-dealkylation sites (tertiary alicyclic amines) is 1. The number of hydrogen-bond acceptors (Lipinski definition) is 5. The minimum Gasteiger partial charge on any atom is -0.508 e. The third kappa shape index (κ3) is 4.26. The van der Waals surface area contributed by atoms with Gasteiger partial charge in [-0.2, -0.15) is 0 Å². The fourth-order valence-electron chi connectivity index (χ4n) is 3.71. The molecule has 0 saturated carbocycles. The molecule has 4 rings (SSSR count). The van der Waals surface area contributed by atoms with Crippen molar-refractivity contribution in [1.82, 2.24) is 4.90 Å². The summed E-state index contributed by atoms with van der Waals surface area (Å²) in [6, 6.07) is 13.9. The van der Waals surface area contributed by atoms with Gasteiger partial charge in [0.2, 0.25) is 6.10 Å². The van der Waals surface area contributed by atoms with Crippen molar-refractivity contribution in [3.05, 3.63) is 65.9 Å². The standard InChI is InChI=1S/C23H23NO5/c25-18-9-10-19-17(15-28-20(19)14-18)13-21(26)29-22(16-7-3-1-4-8-16)23(27)24-11-5-2-6-12-24/h1,3-4,7-10,14-15,22,25H,2,5-6,11-13H2/t22-/m1/s1. The molecule has 1 aliphatic heterocycles. The number of phenolic OH excluding ortho intramolecular Hbond substituents is 1. The van der Waals surface area contributed by atoms with E-state index in [1.54, 1.807) is 29.2 Å². The maximum absolute atomic E-state index is 13.1. The fourth-order valence-corrected chi connectivity index (χ4v) is 3.71. The Labute approximate surface area is 168 Å². The molecule has 0 bridgehead atoms. The Kier molecular flexibility index (Phi) is 5.51. The number of fused-ring (bicyclic) bond motifs is 1. The Balaban J connectivity index is 1.53. The normalized spacial score (nSPS) is 15.2. The zero-order chi connectivity index (χ0) is 20.2. The molecule has 1 saturated heterocycles. The smallest absolute Gasteiger partial charge is 0.311 e. The molecule has 2 heterocycles. The molecule has 0 radical (unpaired) electrons. The summed E-state index contributed by atoms with van der Waals surface area (Å²) in [6.45, 7) is 1.38. The number of carbonyl (C=O) groups is 2. The van der Waals surface area contributed by atoms with Crippen molar-refractivity contribution in [2.45, 2.75) is 31.8 Å². The highest BCUT2D eigenvalue weighted by Gasteiger charge is 2.30. The number of aromatic hydroxyl groups is 1. The molecule has 6 heteroatoms. The highest BCUT2D eigenvalue weighted by molar-refractivity contribution is 5.89. The van der Waals surface area contributed by atoms with Crippen LogP contribution < -0.4 is 0 Å². The van der Waals surface area contributed by atoms with Gasteiger partial charge >= 0.3 is 5.97 Å². The number of phenols is 1. The Bertz CT molecular complexity index is 1000. The average molecular weight is 393 g/mol. The van der Waals surface area contributed by atoms with E-state index >= 15 is 0 Å². The summed E-state index contributed by atoms with van der Waals surface area (Å²) >= 11 is 0. The van der Waals surface area contributed by atoms with Gasteiger partial charge < -0.3 is 19.2 Å². The molecule has 1 amide bonds. The zero-order valence-corrected chi connectivity index (χ0v) is 16.0. The minimum atomic E-state index is -0.955. The van der Waals surface area contributed by atoms with Gasteiger partial charge in [0.15, 0.2) is 0 Å². The number of carbonyl (C=O) groups excluding carboxylic acids is 2. The molecule has 1 aromatic heterocycles. The quantitative estimate of drug-likeness (QED) is 0.663. The second-order valence-electron chi connectivity index (χ2n) is 7.28. The molecule has 0 unspecified atom stereocenters. The van der Waals surface area contributed by atoms with E-state index in [1.807, 2.05) is 18.2 Å². The van der Waals surface area contributed by atoms with Crippen molar-refractivity contribution in [1.29, 1.82) is 0 Å². The third-order valence-corrected chi connectivity index (χ3v) is 5.22. The first-order valence-corrected chi connectivity index (χ1v) is 9.84. The highest BCUT2D eigenvalue weighted by atomic mass is 16.5. The molecule has 3 aromatic rings. The summed E-state index contributed by atoms with van der Waals surface area (Å²) in [6.07, 6.45) is 3.56. The van der Waals surface area contributed by atoms with Crippen molar-refractivity contribution >= 4 is 22.8 Å². The van der Waals surface area contributed by atoms with E-state index < -0.39 is 12.1 Å². The number of esters is 1. The van der Waals surface area contributed by atoms with E-state index in [2.05, 4.69) is 0 Å². The van der Waals surface area contributed by atoms with Crippen LogP contribution in [0, 0.1) is 0 Å². The summed E-state index contributed by atoms with van der Waals surface area (Å²) < 4.78 is 11.1. The van der Waals surface area contributed by atoms with Gasteiger partial charge in [-0.1, -0.05) is 30.3 Å². The Morgan fingerprint density at radius 2 is 1.83 bits per heavy atom. The van der Waals surface area contributed by atoms with Gasteiger partial charge in [0, 0.05) is 35.7 Å². The Hall–Kier alpha value is -3.28. The molecule has 0 aliphatic carbocycles. The predicted molar refractivity (Wildman–Crippen MR) is 107 cm³/mol. The maximum Gasteiger partial charge on any atom is 0.311 e. The van der Waals surface area contributed by atoms with Gasteiger partial charge in [-0.25, -0.2) is 0 Å². The maximum atomic E-state index is 13.1. The number of hydrogen-bond donors (Lipinski definition) is 1. The number of amides is 1. The van der Waals surface area contributed by atoms with Crippen LogP contribution in [0.2, 0.25) is 0 Å². The van der Waals surface area contributed by atoms with E-state index in [0.717, 1.165) is 24.6 Å². The van der Waals surface area contributed by atoms with Crippen LogP contribution in [0.3, 0.4) is 0 Å². The second kappa shape index (κ2) is 8.39. The first-order chi connectivity index (χ1) is 14.1. The summed E-state index contributed by atoms with van der Waals surface area (Å²) in [7, 11) is 0. The molecular weight excluding hydrogens is 370 g/mol. The number of nitrogens with zero attached hydrogens (tertiary/aromatic N) is 1. The van der Waals surface area contributed by atoms with Crippen LogP contribution in [0.4, 0.5) is 0 Å². The number of furan rings is 1. The zero-order valence-electron chi connectivity index (χ0n) is 16.0. The molecule has 6 nitrogen and oxygen atoms in total. The highest BCUT2D eigenvalue weighted by Crippen LogP contribution is 2.27. The lowest BCUT2D eigenvalue weighted by Crippen LogP contribution is -2.40. The number of rotatable bonds is 5. The van der Waals surface area contributed by atoms with Crippen LogP contribution in [0.25, 0.3) is 11.0 Å². The summed E-state index contributed by atoms with van der Waals surface area (Å²) in [5.74, 6) is -0.580. The van der Waals surface area contributed by atoms with E-state index in [9.17, 15) is 14.7 Å². The van der Waals surface area contributed by atoms with Gasteiger partial charge in [0.05, 0.1) is 12.7 Å². The lowest BCUT2D eigenvalue weighted by atomic mass is 10.1. The molecule has 150 valence electrons. The molecule has 0 spiro atoms. The second-order valence-corrected chi connectivity index (χ2v) is 7.28. The van der Waals surface area contributed by atoms with Gasteiger partial charge in [-0.05, 0) is 31.4 Å². The largest absolute Gasteiger partial charge is 0.508 e. The van der Waals surface area contributed by atoms with Crippen LogP contribution in [0.5, 0.6) is 5.75 Å². The van der Waals surface area contributed by atoms with E-state index in [-0.39, 0.29) is 18.1 Å². The summed E-state index contributed by atoms with van der Waals surface area (Å²) in [5.41, 5.74) is 1.82. The van der Waals surface area contributed by atoms with Crippen molar-refractivity contribution in [3.8, 4) is 5.75 Å². The number of ether oxygens (including phenoxy) is 1. The Morgan fingerprint density at radius 3 is 2.59 bits per heavy atom. The molecule has 1 fully saturated rings. The SMILES string of the molecule is O=C(Cc1coc2cc(O)ccc12)O[C@@H](C(=O)N1CCCCC1)c1ccccc1. The van der Waals surface area contributed by atoms with Crippen molar-refractivity contribution in [2.75, 3.05) is 13.1 Å². The minimum absolute atomic E-state index is 0.0195. The van der Waals surface area contributed by atoms with Crippen molar-refractivity contribution in [3.63, 3.8) is 0 Å². The average Bonchev–Trinajstić information content (AvgIpc) is 3.14. The molecule has 1 atom stereocenters. The van der Waals surface area contributed by atoms with Gasteiger partial charge in [-0.15, -0.1) is 0 Å². The van der Waals surface area contributed by atoms with Crippen LogP contribution >= 0.6 is 0 Å². The molecule has 2 aromatic carbocycles. The number of piperidine rings is 1. The van der Waals surface area contributed by atoms with Gasteiger partial charge in [0.25, 0.3) is 5.91 Å². The molecule has 1 aliphatic rings. The van der Waals surface area contributed by atoms with Crippen molar-refractivity contribution < 1.29 is 23.8 Å². The van der Waals surface area contributed by atoms with Crippen LogP contribution in [-0.2, 0) is 20.7 Å². The van der Waals surface area contributed by atoms with E-state index in [0.29, 0.717) is 29.8 Å². The fraction of sp³-hybridized carbons (Fsp3) is 0.304. The summed E-state index contributed by atoms with van der Waals surface area (Å²) in [4.78, 5) is 27.6. The van der Waals surface area contributed by atoms with Gasteiger partial charge in [0.1, 0.15) is 11.3 Å². The van der Waals surface area contributed by atoms with E-state index in [4.69, 9.17) is 9.15 Å². The number of benzene rings is 2. The first-order valence-electron chi connectivity index (χ1n) is 9.84. The third-order valence-electron chi connectivity index (χ3n) is 5.22. The topological polar surface area (TPSA) is 80.0 Å². The van der Waals surface area contributed by atoms with Crippen molar-refractivity contribution in [2.24, 2.45) is 0 Å². The first kappa shape index (κ1) is 19.1.